The van der Waals surface area contributed by atoms with Crippen molar-refractivity contribution in [1.82, 2.24) is 9.78 Å². The van der Waals surface area contributed by atoms with E-state index in [1.54, 1.807) is 30.3 Å². The summed E-state index contributed by atoms with van der Waals surface area (Å²) in [5.74, 6) is 0.903. The second-order valence-corrected chi connectivity index (χ2v) is 6.74. The Kier molecular flexibility index (Phi) is 5.12. The third kappa shape index (κ3) is 3.77. The molecule has 1 aliphatic rings. The SMILES string of the molecule is O=C(Cn1nc(-c2ccccc2Cl)ccc1=O)c1ccc2c(c1)OCCCO2. The lowest BCUT2D eigenvalue weighted by Gasteiger charge is -2.10. The maximum Gasteiger partial charge on any atom is 0.267 e. The minimum Gasteiger partial charge on any atom is -0.490 e. The van der Waals surface area contributed by atoms with Crippen LogP contribution >= 0.6 is 11.6 Å². The normalized spacial score (nSPS) is 13.0. The van der Waals surface area contributed by atoms with Crippen LogP contribution in [0.15, 0.2) is 59.4 Å². The average Bonchev–Trinajstić information content (AvgIpc) is 2.95. The molecular weight excluding hydrogens is 380 g/mol. The number of carbonyl (C=O) groups excluding carboxylic acids is 1. The van der Waals surface area contributed by atoms with E-state index in [0.29, 0.717) is 46.6 Å². The number of fused-ring (bicyclic) bond motifs is 1. The smallest absolute Gasteiger partial charge is 0.267 e. The number of aromatic nitrogens is 2. The summed E-state index contributed by atoms with van der Waals surface area (Å²) in [6.07, 6.45) is 0.784. The first kappa shape index (κ1) is 18.3. The predicted molar refractivity (Wildman–Crippen MR) is 105 cm³/mol. The van der Waals surface area contributed by atoms with Gasteiger partial charge in [0.2, 0.25) is 0 Å². The highest BCUT2D eigenvalue weighted by Gasteiger charge is 2.16. The Labute approximate surface area is 166 Å². The summed E-state index contributed by atoms with van der Waals surface area (Å²) in [7, 11) is 0. The molecule has 2 aromatic carbocycles. The van der Waals surface area contributed by atoms with Gasteiger partial charge in [0, 0.05) is 23.6 Å². The molecule has 0 radical (unpaired) electrons. The van der Waals surface area contributed by atoms with Gasteiger partial charge in [-0.25, -0.2) is 4.68 Å². The van der Waals surface area contributed by atoms with E-state index >= 15 is 0 Å². The van der Waals surface area contributed by atoms with Crippen LogP contribution in [0.25, 0.3) is 11.3 Å². The maximum atomic E-state index is 12.7. The summed E-state index contributed by atoms with van der Waals surface area (Å²) >= 11 is 6.21. The fourth-order valence-corrected chi connectivity index (χ4v) is 3.17. The number of hydrogen-bond acceptors (Lipinski definition) is 5. The van der Waals surface area contributed by atoms with Crippen LogP contribution in [-0.2, 0) is 6.54 Å². The molecule has 6 nitrogen and oxygen atoms in total. The lowest BCUT2D eigenvalue weighted by molar-refractivity contribution is 0.0965. The van der Waals surface area contributed by atoms with Crippen molar-refractivity contribution in [3.8, 4) is 22.8 Å². The van der Waals surface area contributed by atoms with Gasteiger partial charge < -0.3 is 9.47 Å². The minimum absolute atomic E-state index is 0.184. The first-order valence-electron chi connectivity index (χ1n) is 8.88. The third-order valence-electron chi connectivity index (χ3n) is 4.38. The number of rotatable bonds is 4. The minimum atomic E-state index is -0.363. The molecule has 4 rings (SSSR count). The number of benzene rings is 2. The summed E-state index contributed by atoms with van der Waals surface area (Å²) in [6.45, 7) is 0.927. The van der Waals surface area contributed by atoms with Gasteiger partial charge in [0.15, 0.2) is 17.3 Å². The van der Waals surface area contributed by atoms with Gasteiger partial charge in [-0.1, -0.05) is 29.8 Å². The number of Topliss-reactive ketones (excluding diaryl/α,β-unsaturated/α-hetero) is 1. The van der Waals surface area contributed by atoms with Crippen LogP contribution in [0.4, 0.5) is 0 Å². The van der Waals surface area contributed by atoms with E-state index in [4.69, 9.17) is 21.1 Å². The van der Waals surface area contributed by atoms with E-state index in [-0.39, 0.29) is 17.9 Å². The van der Waals surface area contributed by atoms with E-state index in [2.05, 4.69) is 5.10 Å². The quantitative estimate of drug-likeness (QED) is 0.630. The molecule has 0 fully saturated rings. The van der Waals surface area contributed by atoms with Crippen molar-refractivity contribution in [3.05, 3.63) is 75.5 Å². The van der Waals surface area contributed by atoms with Gasteiger partial charge in [0.05, 0.1) is 23.9 Å². The number of carbonyl (C=O) groups is 1. The number of ether oxygens (including phenoxy) is 2. The summed E-state index contributed by atoms with van der Waals surface area (Å²) in [6, 6.07) is 15.2. The maximum absolute atomic E-state index is 12.7. The molecule has 2 heterocycles. The van der Waals surface area contributed by atoms with E-state index in [0.717, 1.165) is 11.1 Å². The van der Waals surface area contributed by atoms with Crippen LogP contribution < -0.4 is 15.0 Å². The second-order valence-electron chi connectivity index (χ2n) is 6.33. The highest BCUT2D eigenvalue weighted by molar-refractivity contribution is 6.33. The Hall–Kier alpha value is -3.12. The number of hydrogen-bond donors (Lipinski definition) is 0. The van der Waals surface area contributed by atoms with Crippen LogP contribution in [0.5, 0.6) is 11.5 Å². The Morgan fingerprint density at radius 3 is 2.64 bits per heavy atom. The largest absolute Gasteiger partial charge is 0.490 e. The first-order chi connectivity index (χ1) is 13.6. The monoisotopic (exact) mass is 396 g/mol. The molecule has 0 amide bonds. The Balaban J connectivity index is 1.61. The molecule has 0 spiro atoms. The molecule has 28 heavy (non-hydrogen) atoms. The zero-order valence-corrected chi connectivity index (χ0v) is 15.7. The average molecular weight is 397 g/mol. The predicted octanol–water partition coefficient (Wildman–Crippen LogP) is 3.61. The van der Waals surface area contributed by atoms with E-state index in [9.17, 15) is 9.59 Å². The summed E-state index contributed by atoms with van der Waals surface area (Å²) in [5.41, 5.74) is 1.29. The number of ketones is 1. The van der Waals surface area contributed by atoms with Gasteiger partial charge in [-0.3, -0.25) is 9.59 Å². The van der Waals surface area contributed by atoms with Crippen LogP contribution in [0.3, 0.4) is 0 Å². The number of halogens is 1. The van der Waals surface area contributed by atoms with Crippen LogP contribution in [-0.4, -0.2) is 28.8 Å². The molecule has 0 unspecified atom stereocenters. The molecule has 0 aliphatic carbocycles. The van der Waals surface area contributed by atoms with E-state index < -0.39 is 0 Å². The van der Waals surface area contributed by atoms with Crippen molar-refractivity contribution < 1.29 is 14.3 Å². The van der Waals surface area contributed by atoms with Crippen molar-refractivity contribution in [3.63, 3.8) is 0 Å². The standard InChI is InChI=1S/C21H17ClN2O4/c22-16-5-2-1-4-15(16)17-7-9-21(26)24(23-17)13-18(25)14-6-8-19-20(12-14)28-11-3-10-27-19/h1-2,4-9,12H,3,10-11,13H2. The van der Waals surface area contributed by atoms with E-state index in [1.807, 2.05) is 18.2 Å². The molecule has 7 heteroatoms. The molecule has 0 atom stereocenters. The molecule has 0 N–H and O–H groups in total. The van der Waals surface area contributed by atoms with Crippen molar-refractivity contribution in [2.75, 3.05) is 13.2 Å². The Morgan fingerprint density at radius 2 is 1.82 bits per heavy atom. The molecular formula is C21H17ClN2O4. The summed E-state index contributed by atoms with van der Waals surface area (Å²) in [4.78, 5) is 24.9. The molecule has 0 bridgehead atoms. The molecule has 3 aromatic rings. The van der Waals surface area contributed by atoms with Crippen molar-refractivity contribution >= 4 is 17.4 Å². The van der Waals surface area contributed by atoms with Crippen molar-refractivity contribution in [2.24, 2.45) is 0 Å². The molecule has 142 valence electrons. The lowest BCUT2D eigenvalue weighted by Crippen LogP contribution is -2.26. The molecule has 1 aliphatic heterocycles. The lowest BCUT2D eigenvalue weighted by atomic mass is 10.1. The molecule has 0 saturated carbocycles. The Bertz CT molecular complexity index is 1090. The van der Waals surface area contributed by atoms with Crippen molar-refractivity contribution in [1.29, 1.82) is 0 Å². The first-order valence-corrected chi connectivity index (χ1v) is 9.25. The van der Waals surface area contributed by atoms with Gasteiger partial charge >= 0.3 is 0 Å². The molecule has 1 aromatic heterocycles. The topological polar surface area (TPSA) is 70.4 Å². The van der Waals surface area contributed by atoms with Gasteiger partial charge in [-0.2, -0.15) is 5.10 Å². The Morgan fingerprint density at radius 1 is 1.04 bits per heavy atom. The van der Waals surface area contributed by atoms with Gasteiger partial charge in [-0.15, -0.1) is 0 Å². The van der Waals surface area contributed by atoms with Crippen LogP contribution in [0, 0.1) is 0 Å². The fraction of sp³-hybridized carbons (Fsp3) is 0.190. The van der Waals surface area contributed by atoms with Crippen LogP contribution in [0.1, 0.15) is 16.8 Å². The second kappa shape index (κ2) is 7.86. The highest BCUT2D eigenvalue weighted by Crippen LogP contribution is 2.30. The van der Waals surface area contributed by atoms with Gasteiger partial charge in [0.1, 0.15) is 6.54 Å². The third-order valence-corrected chi connectivity index (χ3v) is 4.71. The summed E-state index contributed by atoms with van der Waals surface area (Å²) < 4.78 is 12.4. The highest BCUT2D eigenvalue weighted by atomic mass is 35.5. The van der Waals surface area contributed by atoms with Crippen LogP contribution in [0.2, 0.25) is 5.02 Å². The zero-order valence-electron chi connectivity index (χ0n) is 14.9. The van der Waals surface area contributed by atoms with Crippen molar-refractivity contribution in [2.45, 2.75) is 13.0 Å². The van der Waals surface area contributed by atoms with Gasteiger partial charge in [0.25, 0.3) is 5.56 Å². The fourth-order valence-electron chi connectivity index (χ4n) is 2.94. The van der Waals surface area contributed by atoms with E-state index in [1.165, 1.54) is 6.07 Å². The summed E-state index contributed by atoms with van der Waals surface area (Å²) in [5, 5.41) is 4.84. The zero-order chi connectivity index (χ0) is 19.5. The van der Waals surface area contributed by atoms with Gasteiger partial charge in [-0.05, 0) is 30.3 Å². The number of nitrogens with zero attached hydrogens (tertiary/aromatic N) is 2. The molecule has 0 saturated heterocycles.